The third kappa shape index (κ3) is 4.41. The lowest BCUT2D eigenvalue weighted by atomic mass is 9.99. The van der Waals surface area contributed by atoms with Crippen LogP contribution in [0.5, 0.6) is 0 Å². The topological polar surface area (TPSA) is 39.2 Å². The highest BCUT2D eigenvalue weighted by molar-refractivity contribution is 9.10. The quantitative estimate of drug-likeness (QED) is 0.835. The first-order valence-corrected chi connectivity index (χ1v) is 5.89. The molecule has 0 aliphatic rings. The Morgan fingerprint density at radius 3 is 2.69 bits per heavy atom. The molecule has 4 heteroatoms. The van der Waals surface area contributed by atoms with Gasteiger partial charge in [-0.15, -0.1) is 0 Å². The van der Waals surface area contributed by atoms with Gasteiger partial charge in [0.25, 0.3) is 0 Å². The van der Waals surface area contributed by atoms with Gasteiger partial charge < -0.3 is 4.74 Å². The van der Waals surface area contributed by atoms with Crippen LogP contribution in [0.15, 0.2) is 22.8 Å². The Bertz CT molecular complexity index is 360. The standard InChI is InChI=1S/C12H16BrNO2/c1-12(2,16-3)7-11(15)6-10-5-4-9(13)8-14-10/h4-5,8H,6-7H2,1-3H3. The van der Waals surface area contributed by atoms with Crippen molar-refractivity contribution >= 4 is 21.7 Å². The molecule has 16 heavy (non-hydrogen) atoms. The molecule has 0 radical (unpaired) electrons. The largest absolute Gasteiger partial charge is 0.378 e. The van der Waals surface area contributed by atoms with Crippen molar-refractivity contribution in [1.29, 1.82) is 0 Å². The first kappa shape index (κ1) is 13.3. The summed E-state index contributed by atoms with van der Waals surface area (Å²) in [6.07, 6.45) is 2.46. The maximum Gasteiger partial charge on any atom is 0.141 e. The first-order valence-electron chi connectivity index (χ1n) is 5.10. The fourth-order valence-corrected chi connectivity index (χ4v) is 1.56. The molecule has 0 N–H and O–H groups in total. The zero-order valence-corrected chi connectivity index (χ0v) is 11.4. The highest BCUT2D eigenvalue weighted by atomic mass is 79.9. The van der Waals surface area contributed by atoms with Crippen molar-refractivity contribution in [3.63, 3.8) is 0 Å². The summed E-state index contributed by atoms with van der Waals surface area (Å²) in [5.74, 6) is 0.140. The van der Waals surface area contributed by atoms with Crippen molar-refractivity contribution in [2.24, 2.45) is 0 Å². The van der Waals surface area contributed by atoms with E-state index in [1.165, 1.54) is 0 Å². The van der Waals surface area contributed by atoms with Crippen LogP contribution >= 0.6 is 15.9 Å². The van der Waals surface area contributed by atoms with E-state index in [4.69, 9.17) is 4.74 Å². The highest BCUT2D eigenvalue weighted by Crippen LogP contribution is 2.15. The predicted octanol–water partition coefficient (Wildman–Crippen LogP) is 2.77. The van der Waals surface area contributed by atoms with E-state index in [9.17, 15) is 4.79 Å². The lowest BCUT2D eigenvalue weighted by Gasteiger charge is -2.21. The molecule has 0 aromatic carbocycles. The first-order chi connectivity index (χ1) is 7.43. The van der Waals surface area contributed by atoms with Crippen LogP contribution in [0.3, 0.4) is 0 Å². The number of rotatable bonds is 5. The molecule has 3 nitrogen and oxygen atoms in total. The van der Waals surface area contributed by atoms with Crippen LogP contribution in [0.2, 0.25) is 0 Å². The molecule has 0 atom stereocenters. The number of methoxy groups -OCH3 is 1. The second-order valence-corrected chi connectivity index (χ2v) is 5.24. The van der Waals surface area contributed by atoms with Crippen molar-refractivity contribution in [3.8, 4) is 0 Å². The molecule has 1 aromatic rings. The van der Waals surface area contributed by atoms with E-state index in [0.717, 1.165) is 10.2 Å². The second kappa shape index (κ2) is 5.55. The highest BCUT2D eigenvalue weighted by Gasteiger charge is 2.21. The molecule has 0 aliphatic heterocycles. The molecular formula is C12H16BrNO2. The summed E-state index contributed by atoms with van der Waals surface area (Å²) in [5, 5.41) is 0. The van der Waals surface area contributed by atoms with Crippen LogP contribution in [0.4, 0.5) is 0 Å². The number of Topliss-reactive ketones (excluding diaryl/α,β-unsaturated/α-hetero) is 1. The van der Waals surface area contributed by atoms with Crippen LogP contribution in [0.25, 0.3) is 0 Å². The zero-order valence-electron chi connectivity index (χ0n) is 9.79. The van der Waals surface area contributed by atoms with Gasteiger partial charge in [0.15, 0.2) is 0 Å². The number of carbonyl (C=O) groups is 1. The number of halogens is 1. The van der Waals surface area contributed by atoms with Gasteiger partial charge in [0.05, 0.1) is 5.60 Å². The lowest BCUT2D eigenvalue weighted by molar-refractivity contribution is -0.123. The smallest absolute Gasteiger partial charge is 0.141 e. The fraction of sp³-hybridized carbons (Fsp3) is 0.500. The minimum atomic E-state index is -0.396. The van der Waals surface area contributed by atoms with Crippen LogP contribution in [-0.2, 0) is 16.0 Å². The Labute approximate surface area is 104 Å². The number of nitrogens with zero attached hydrogens (tertiary/aromatic N) is 1. The number of ether oxygens (including phenoxy) is 1. The maximum atomic E-state index is 11.7. The van der Waals surface area contributed by atoms with Crippen molar-refractivity contribution < 1.29 is 9.53 Å². The molecule has 1 aromatic heterocycles. The Morgan fingerprint density at radius 2 is 2.19 bits per heavy atom. The molecule has 0 bridgehead atoms. The predicted molar refractivity (Wildman–Crippen MR) is 66.4 cm³/mol. The van der Waals surface area contributed by atoms with Gasteiger partial charge in [-0.1, -0.05) is 0 Å². The summed E-state index contributed by atoms with van der Waals surface area (Å²) in [6.45, 7) is 3.81. The molecular weight excluding hydrogens is 270 g/mol. The summed E-state index contributed by atoms with van der Waals surface area (Å²) < 4.78 is 6.13. The van der Waals surface area contributed by atoms with Gasteiger partial charge in [-0.3, -0.25) is 9.78 Å². The Hall–Kier alpha value is -0.740. The average molecular weight is 286 g/mol. The third-order valence-electron chi connectivity index (χ3n) is 2.34. The van der Waals surface area contributed by atoms with E-state index in [0.29, 0.717) is 12.8 Å². The number of carbonyl (C=O) groups excluding carboxylic acids is 1. The zero-order chi connectivity index (χ0) is 12.2. The molecule has 0 saturated heterocycles. The van der Waals surface area contributed by atoms with E-state index in [2.05, 4.69) is 20.9 Å². The minimum absolute atomic E-state index is 0.140. The summed E-state index contributed by atoms with van der Waals surface area (Å²) in [6, 6.07) is 3.73. The Morgan fingerprint density at radius 1 is 1.50 bits per heavy atom. The van der Waals surface area contributed by atoms with E-state index in [-0.39, 0.29) is 5.78 Å². The summed E-state index contributed by atoms with van der Waals surface area (Å²) in [4.78, 5) is 15.9. The number of aromatic nitrogens is 1. The van der Waals surface area contributed by atoms with Gasteiger partial charge in [-0.05, 0) is 41.9 Å². The van der Waals surface area contributed by atoms with Crippen LogP contribution in [0.1, 0.15) is 26.0 Å². The molecule has 0 unspecified atom stereocenters. The molecule has 0 aliphatic carbocycles. The van der Waals surface area contributed by atoms with Gasteiger partial charge in [0, 0.05) is 36.3 Å². The van der Waals surface area contributed by atoms with Gasteiger partial charge in [-0.2, -0.15) is 0 Å². The summed E-state index contributed by atoms with van der Waals surface area (Å²) in [7, 11) is 1.62. The van der Waals surface area contributed by atoms with Crippen molar-refractivity contribution in [1.82, 2.24) is 4.98 Å². The molecule has 0 amide bonds. The Balaban J connectivity index is 2.55. The van der Waals surface area contributed by atoms with E-state index in [1.54, 1.807) is 13.3 Å². The Kier molecular flexibility index (Phi) is 4.62. The molecule has 0 spiro atoms. The molecule has 0 fully saturated rings. The monoisotopic (exact) mass is 285 g/mol. The van der Waals surface area contributed by atoms with Gasteiger partial charge in [0.1, 0.15) is 5.78 Å². The third-order valence-corrected chi connectivity index (χ3v) is 2.81. The van der Waals surface area contributed by atoms with Crippen molar-refractivity contribution in [3.05, 3.63) is 28.5 Å². The SMILES string of the molecule is COC(C)(C)CC(=O)Cc1ccc(Br)cn1. The molecule has 88 valence electrons. The van der Waals surface area contributed by atoms with Crippen LogP contribution < -0.4 is 0 Å². The molecule has 1 rings (SSSR count). The summed E-state index contributed by atoms with van der Waals surface area (Å²) in [5.41, 5.74) is 0.395. The van der Waals surface area contributed by atoms with Gasteiger partial charge in [0.2, 0.25) is 0 Å². The average Bonchev–Trinajstić information content (AvgIpc) is 2.21. The number of hydrogen-bond donors (Lipinski definition) is 0. The molecule has 0 saturated carbocycles. The van der Waals surface area contributed by atoms with Gasteiger partial charge >= 0.3 is 0 Å². The molecule has 1 heterocycles. The van der Waals surface area contributed by atoms with Gasteiger partial charge in [-0.25, -0.2) is 0 Å². The van der Waals surface area contributed by atoms with E-state index >= 15 is 0 Å². The fourth-order valence-electron chi connectivity index (χ4n) is 1.32. The maximum absolute atomic E-state index is 11.7. The second-order valence-electron chi connectivity index (χ2n) is 4.32. The van der Waals surface area contributed by atoms with E-state index in [1.807, 2.05) is 26.0 Å². The number of pyridine rings is 1. The van der Waals surface area contributed by atoms with Crippen LogP contribution in [0, 0.1) is 0 Å². The van der Waals surface area contributed by atoms with Crippen molar-refractivity contribution in [2.45, 2.75) is 32.3 Å². The summed E-state index contributed by atoms with van der Waals surface area (Å²) >= 11 is 3.30. The lowest BCUT2D eigenvalue weighted by Crippen LogP contribution is -2.27. The normalized spacial score (nSPS) is 11.5. The number of ketones is 1. The number of hydrogen-bond acceptors (Lipinski definition) is 3. The minimum Gasteiger partial charge on any atom is -0.378 e. The van der Waals surface area contributed by atoms with Crippen molar-refractivity contribution in [2.75, 3.05) is 7.11 Å². The van der Waals surface area contributed by atoms with Crippen LogP contribution in [-0.4, -0.2) is 23.5 Å². The van der Waals surface area contributed by atoms with E-state index < -0.39 is 5.60 Å².